The topological polar surface area (TPSA) is 90.3 Å². The Labute approximate surface area is 125 Å². The molecule has 114 valence electrons. The van der Waals surface area contributed by atoms with Gasteiger partial charge in [-0.25, -0.2) is 8.42 Å². The Morgan fingerprint density at radius 1 is 1.43 bits per heavy atom. The van der Waals surface area contributed by atoms with E-state index in [2.05, 4.69) is 5.32 Å². The van der Waals surface area contributed by atoms with Crippen LogP contribution in [0.3, 0.4) is 0 Å². The Balaban J connectivity index is 3.19. The van der Waals surface area contributed by atoms with Crippen LogP contribution in [0.25, 0.3) is 0 Å². The van der Waals surface area contributed by atoms with Crippen molar-refractivity contribution in [1.82, 2.24) is 4.31 Å². The number of rotatable bonds is 6. The van der Waals surface area contributed by atoms with Crippen molar-refractivity contribution in [1.29, 1.82) is 5.26 Å². The standard InChI is InChI=1S/C14H19N3O3S/c1-4-17(9-5-8-15)21(19,20)13-7-6-11(2)14(10-13)16-12(3)18/h6-7,10H,4-5,9H2,1-3H3,(H,16,18). The van der Waals surface area contributed by atoms with Gasteiger partial charge in [-0.05, 0) is 24.6 Å². The summed E-state index contributed by atoms with van der Waals surface area (Å²) in [5.41, 5.74) is 1.25. The Hall–Kier alpha value is -1.91. The molecule has 0 aliphatic heterocycles. The van der Waals surface area contributed by atoms with Gasteiger partial charge in [0.05, 0.1) is 11.0 Å². The van der Waals surface area contributed by atoms with Gasteiger partial charge in [0.1, 0.15) is 0 Å². The Bertz CT molecular complexity index is 663. The summed E-state index contributed by atoms with van der Waals surface area (Å²) in [6.45, 7) is 5.31. The highest BCUT2D eigenvalue weighted by Crippen LogP contribution is 2.23. The summed E-state index contributed by atoms with van der Waals surface area (Å²) in [6, 6.07) is 6.54. The van der Waals surface area contributed by atoms with Gasteiger partial charge in [0, 0.05) is 32.1 Å². The van der Waals surface area contributed by atoms with Crippen molar-refractivity contribution in [3.8, 4) is 6.07 Å². The lowest BCUT2D eigenvalue weighted by Gasteiger charge is -2.20. The zero-order valence-electron chi connectivity index (χ0n) is 12.4. The molecule has 21 heavy (non-hydrogen) atoms. The van der Waals surface area contributed by atoms with Gasteiger partial charge < -0.3 is 5.32 Å². The number of carbonyl (C=O) groups excluding carboxylic acids is 1. The average molecular weight is 309 g/mol. The van der Waals surface area contributed by atoms with E-state index in [0.29, 0.717) is 5.69 Å². The molecule has 7 heteroatoms. The van der Waals surface area contributed by atoms with Crippen LogP contribution in [0.5, 0.6) is 0 Å². The van der Waals surface area contributed by atoms with E-state index in [-0.39, 0.29) is 30.3 Å². The lowest BCUT2D eigenvalue weighted by Crippen LogP contribution is -2.31. The monoisotopic (exact) mass is 309 g/mol. The maximum absolute atomic E-state index is 12.5. The summed E-state index contributed by atoms with van der Waals surface area (Å²) < 4.78 is 26.3. The van der Waals surface area contributed by atoms with Crippen LogP contribution >= 0.6 is 0 Å². The number of nitrogens with zero attached hydrogens (tertiary/aromatic N) is 2. The van der Waals surface area contributed by atoms with E-state index in [9.17, 15) is 13.2 Å². The molecule has 0 radical (unpaired) electrons. The smallest absolute Gasteiger partial charge is 0.243 e. The van der Waals surface area contributed by atoms with Gasteiger partial charge >= 0.3 is 0 Å². The van der Waals surface area contributed by atoms with Gasteiger partial charge in [-0.1, -0.05) is 13.0 Å². The number of sulfonamides is 1. The molecule has 0 spiro atoms. The summed E-state index contributed by atoms with van der Waals surface area (Å²) in [6.07, 6.45) is 0.136. The molecule has 1 amide bonds. The normalized spacial score (nSPS) is 11.2. The third kappa shape index (κ3) is 4.28. The summed E-state index contributed by atoms with van der Waals surface area (Å²) >= 11 is 0. The molecule has 0 fully saturated rings. The van der Waals surface area contributed by atoms with Crippen LogP contribution in [0.4, 0.5) is 5.69 Å². The molecule has 0 saturated carbocycles. The van der Waals surface area contributed by atoms with Gasteiger partial charge in [0.2, 0.25) is 15.9 Å². The van der Waals surface area contributed by atoms with Gasteiger partial charge in [0.25, 0.3) is 0 Å². The van der Waals surface area contributed by atoms with Crippen molar-refractivity contribution in [2.75, 3.05) is 18.4 Å². The summed E-state index contributed by atoms with van der Waals surface area (Å²) in [5, 5.41) is 11.2. The van der Waals surface area contributed by atoms with Crippen LogP contribution in [-0.2, 0) is 14.8 Å². The zero-order chi connectivity index (χ0) is 16.0. The molecule has 0 saturated heterocycles. The molecule has 0 atom stereocenters. The molecule has 0 aliphatic rings. The molecule has 0 aliphatic carbocycles. The first-order valence-corrected chi connectivity index (χ1v) is 8.02. The molecule has 1 rings (SSSR count). The van der Waals surface area contributed by atoms with Crippen LogP contribution in [-0.4, -0.2) is 31.7 Å². The quantitative estimate of drug-likeness (QED) is 0.868. The number of benzene rings is 1. The highest BCUT2D eigenvalue weighted by Gasteiger charge is 2.23. The second-order valence-corrected chi connectivity index (χ2v) is 6.50. The van der Waals surface area contributed by atoms with Crippen LogP contribution in [0, 0.1) is 18.3 Å². The third-order valence-corrected chi connectivity index (χ3v) is 4.95. The predicted octanol–water partition coefficient (Wildman–Crippen LogP) is 1.88. The molecular formula is C14H19N3O3S. The van der Waals surface area contributed by atoms with E-state index in [1.54, 1.807) is 19.9 Å². The van der Waals surface area contributed by atoms with Crippen LogP contribution in [0.15, 0.2) is 23.1 Å². The molecule has 1 N–H and O–H groups in total. The van der Waals surface area contributed by atoms with Crippen molar-refractivity contribution in [3.63, 3.8) is 0 Å². The Morgan fingerprint density at radius 2 is 2.10 bits per heavy atom. The minimum absolute atomic E-state index is 0.108. The van der Waals surface area contributed by atoms with Crippen molar-refractivity contribution >= 4 is 21.6 Å². The number of hydrogen-bond donors (Lipinski definition) is 1. The van der Waals surface area contributed by atoms with Gasteiger partial charge in [0.15, 0.2) is 0 Å². The van der Waals surface area contributed by atoms with Crippen molar-refractivity contribution in [2.45, 2.75) is 32.1 Å². The fourth-order valence-electron chi connectivity index (χ4n) is 1.86. The van der Waals surface area contributed by atoms with E-state index in [0.717, 1.165) is 5.56 Å². The van der Waals surface area contributed by atoms with Gasteiger partial charge in [-0.15, -0.1) is 0 Å². The Kier molecular flexibility index (Phi) is 5.88. The maximum atomic E-state index is 12.5. The average Bonchev–Trinajstić information content (AvgIpc) is 2.41. The molecule has 1 aromatic carbocycles. The summed E-state index contributed by atoms with van der Waals surface area (Å²) in [7, 11) is -3.67. The number of amides is 1. The number of nitriles is 1. The number of hydrogen-bond acceptors (Lipinski definition) is 4. The summed E-state index contributed by atoms with van der Waals surface area (Å²) in [5.74, 6) is -0.260. The lowest BCUT2D eigenvalue weighted by molar-refractivity contribution is -0.114. The van der Waals surface area contributed by atoms with Crippen molar-refractivity contribution < 1.29 is 13.2 Å². The SMILES string of the molecule is CCN(CCC#N)S(=O)(=O)c1ccc(C)c(NC(C)=O)c1. The van der Waals surface area contributed by atoms with E-state index in [4.69, 9.17) is 5.26 Å². The van der Waals surface area contributed by atoms with Crippen molar-refractivity contribution in [2.24, 2.45) is 0 Å². The number of carbonyl (C=O) groups is 1. The van der Waals surface area contributed by atoms with Crippen LogP contribution in [0.1, 0.15) is 25.8 Å². The Morgan fingerprint density at radius 3 is 2.62 bits per heavy atom. The number of anilines is 1. The number of aryl methyl sites for hydroxylation is 1. The van der Waals surface area contributed by atoms with E-state index < -0.39 is 10.0 Å². The van der Waals surface area contributed by atoms with E-state index in [1.165, 1.54) is 23.4 Å². The molecule has 0 unspecified atom stereocenters. The van der Waals surface area contributed by atoms with Crippen LogP contribution < -0.4 is 5.32 Å². The first-order chi connectivity index (χ1) is 9.82. The second-order valence-electron chi connectivity index (χ2n) is 4.56. The lowest BCUT2D eigenvalue weighted by atomic mass is 10.2. The fourth-order valence-corrected chi connectivity index (χ4v) is 3.33. The highest BCUT2D eigenvalue weighted by atomic mass is 32.2. The minimum Gasteiger partial charge on any atom is -0.326 e. The summed E-state index contributed by atoms with van der Waals surface area (Å²) in [4.78, 5) is 11.3. The first kappa shape index (κ1) is 17.1. The molecule has 0 heterocycles. The minimum atomic E-state index is -3.67. The third-order valence-electron chi connectivity index (χ3n) is 2.98. The zero-order valence-corrected chi connectivity index (χ0v) is 13.2. The van der Waals surface area contributed by atoms with E-state index >= 15 is 0 Å². The largest absolute Gasteiger partial charge is 0.326 e. The van der Waals surface area contributed by atoms with Crippen molar-refractivity contribution in [3.05, 3.63) is 23.8 Å². The van der Waals surface area contributed by atoms with Gasteiger partial charge in [-0.2, -0.15) is 9.57 Å². The number of nitrogens with one attached hydrogen (secondary N) is 1. The molecule has 6 nitrogen and oxygen atoms in total. The maximum Gasteiger partial charge on any atom is 0.243 e. The fraction of sp³-hybridized carbons (Fsp3) is 0.429. The molecule has 1 aromatic rings. The molecular weight excluding hydrogens is 290 g/mol. The van der Waals surface area contributed by atoms with Crippen LogP contribution in [0.2, 0.25) is 0 Å². The van der Waals surface area contributed by atoms with Gasteiger partial charge in [-0.3, -0.25) is 4.79 Å². The highest BCUT2D eigenvalue weighted by molar-refractivity contribution is 7.89. The molecule has 0 aromatic heterocycles. The van der Waals surface area contributed by atoms with E-state index in [1.807, 2.05) is 6.07 Å². The first-order valence-electron chi connectivity index (χ1n) is 6.58. The molecule has 0 bridgehead atoms. The predicted molar refractivity (Wildman–Crippen MR) is 80.1 cm³/mol. The second kappa shape index (κ2) is 7.20.